The maximum Gasteiger partial charge on any atom is 0.141 e. The highest BCUT2D eigenvalue weighted by atomic mass is 32.2. The minimum absolute atomic E-state index is 0.598. The molecule has 6 heteroatoms. The number of rotatable bonds is 6. The van der Waals surface area contributed by atoms with Gasteiger partial charge in [-0.15, -0.1) is 0 Å². The van der Waals surface area contributed by atoms with Crippen molar-refractivity contribution in [3.63, 3.8) is 0 Å². The number of pyridine rings is 1. The van der Waals surface area contributed by atoms with Gasteiger partial charge in [0.1, 0.15) is 12.4 Å². The molecule has 0 bridgehead atoms. The lowest BCUT2D eigenvalue weighted by Crippen LogP contribution is -2.32. The molecule has 3 rings (SSSR count). The van der Waals surface area contributed by atoms with Gasteiger partial charge in [-0.1, -0.05) is 19.6 Å². The van der Waals surface area contributed by atoms with E-state index in [9.17, 15) is 0 Å². The Hall–Kier alpha value is -0.983. The number of fused-ring (bicyclic) bond motifs is 1. The van der Waals surface area contributed by atoms with Crippen LogP contribution >= 0.6 is 11.8 Å². The molecule has 1 fully saturated rings. The Morgan fingerprint density at radius 2 is 2.04 bits per heavy atom. The van der Waals surface area contributed by atoms with Crippen molar-refractivity contribution >= 4 is 36.6 Å². The van der Waals surface area contributed by atoms with Crippen LogP contribution in [0.5, 0.6) is 0 Å². The van der Waals surface area contributed by atoms with Gasteiger partial charge in [-0.25, -0.2) is 4.98 Å². The lowest BCUT2D eigenvalue weighted by atomic mass is 10.3. The fourth-order valence-corrected chi connectivity index (χ4v) is 4.37. The summed E-state index contributed by atoms with van der Waals surface area (Å²) in [6, 6.07) is 5.61. The molecule has 0 amide bonds. The topological polar surface area (TPSA) is 30.3 Å². The second-order valence-corrected chi connectivity index (χ2v) is 14.2. The van der Waals surface area contributed by atoms with Crippen LogP contribution in [-0.2, 0) is 11.5 Å². The van der Waals surface area contributed by atoms with Crippen LogP contribution < -0.4 is 4.90 Å². The monoisotopic (exact) mass is 349 g/mol. The molecule has 0 aliphatic carbocycles. The van der Waals surface area contributed by atoms with Crippen molar-refractivity contribution in [3.05, 3.63) is 24.5 Å². The van der Waals surface area contributed by atoms with Crippen LogP contribution in [0.15, 0.2) is 24.5 Å². The predicted molar refractivity (Wildman–Crippen MR) is 103 cm³/mol. The van der Waals surface area contributed by atoms with Gasteiger partial charge in [0.25, 0.3) is 0 Å². The quantitative estimate of drug-likeness (QED) is 0.584. The first-order valence-corrected chi connectivity index (χ1v) is 13.2. The van der Waals surface area contributed by atoms with Crippen LogP contribution in [-0.4, -0.2) is 48.8 Å². The van der Waals surface area contributed by atoms with Crippen molar-refractivity contribution < 1.29 is 4.74 Å². The zero-order valence-electron chi connectivity index (χ0n) is 14.4. The third-order valence-corrected chi connectivity index (χ3v) is 6.84. The smallest absolute Gasteiger partial charge is 0.141 e. The third kappa shape index (κ3) is 4.52. The number of anilines is 1. The summed E-state index contributed by atoms with van der Waals surface area (Å²) in [5.74, 6) is 2.42. The fraction of sp³-hybridized carbons (Fsp3) is 0.588. The molecule has 0 saturated carbocycles. The Morgan fingerprint density at radius 1 is 1.26 bits per heavy atom. The number of ether oxygens (including phenoxy) is 1. The van der Waals surface area contributed by atoms with E-state index in [-0.39, 0.29) is 0 Å². The molecule has 1 aliphatic heterocycles. The van der Waals surface area contributed by atoms with E-state index >= 15 is 0 Å². The van der Waals surface area contributed by atoms with Crippen LogP contribution in [0, 0.1) is 0 Å². The zero-order chi connectivity index (χ0) is 16.3. The minimum Gasteiger partial charge on any atom is -0.369 e. The summed E-state index contributed by atoms with van der Waals surface area (Å²) in [7, 11) is -1.02. The second-order valence-electron chi connectivity index (χ2n) is 7.34. The van der Waals surface area contributed by atoms with Gasteiger partial charge < -0.3 is 14.2 Å². The van der Waals surface area contributed by atoms with Gasteiger partial charge in [-0.05, 0) is 18.2 Å². The molecule has 3 heterocycles. The molecule has 0 radical (unpaired) electrons. The van der Waals surface area contributed by atoms with E-state index < -0.39 is 8.07 Å². The molecular weight excluding hydrogens is 322 g/mol. The molecule has 2 aromatic rings. The van der Waals surface area contributed by atoms with Gasteiger partial charge in [0.2, 0.25) is 0 Å². The molecule has 126 valence electrons. The number of hydrogen-bond donors (Lipinski definition) is 0. The molecule has 1 saturated heterocycles. The van der Waals surface area contributed by atoms with E-state index in [1.165, 1.54) is 28.6 Å². The van der Waals surface area contributed by atoms with E-state index in [1.807, 2.05) is 18.0 Å². The van der Waals surface area contributed by atoms with E-state index in [1.54, 1.807) is 0 Å². The van der Waals surface area contributed by atoms with E-state index in [0.717, 1.165) is 25.3 Å². The second kappa shape index (κ2) is 7.28. The summed E-state index contributed by atoms with van der Waals surface area (Å²) in [4.78, 5) is 7.12. The summed E-state index contributed by atoms with van der Waals surface area (Å²) in [5.41, 5.74) is 2.27. The van der Waals surface area contributed by atoms with Gasteiger partial charge in [0.05, 0.1) is 11.9 Å². The molecule has 2 aromatic heterocycles. The zero-order valence-corrected chi connectivity index (χ0v) is 16.2. The van der Waals surface area contributed by atoms with Crippen molar-refractivity contribution in [1.29, 1.82) is 0 Å². The normalized spacial score (nSPS) is 16.2. The minimum atomic E-state index is -1.02. The number of aromatic nitrogens is 2. The van der Waals surface area contributed by atoms with Gasteiger partial charge in [0.15, 0.2) is 0 Å². The molecule has 0 aromatic carbocycles. The highest BCUT2D eigenvalue weighted by Crippen LogP contribution is 2.23. The molecule has 0 N–H and O–H groups in total. The van der Waals surface area contributed by atoms with Crippen molar-refractivity contribution in [2.75, 3.05) is 36.1 Å². The maximum atomic E-state index is 5.85. The van der Waals surface area contributed by atoms with Crippen LogP contribution in [0.3, 0.4) is 0 Å². The van der Waals surface area contributed by atoms with Gasteiger partial charge in [-0.3, -0.25) is 0 Å². The largest absolute Gasteiger partial charge is 0.369 e. The predicted octanol–water partition coefficient (Wildman–Crippen LogP) is 3.90. The Balaban J connectivity index is 1.64. The maximum absolute atomic E-state index is 5.85. The Bertz CT molecular complexity index is 647. The molecule has 0 spiro atoms. The van der Waals surface area contributed by atoms with Crippen LogP contribution in [0.25, 0.3) is 11.0 Å². The third-order valence-electron chi connectivity index (χ3n) is 4.19. The number of hydrogen-bond acceptors (Lipinski definition) is 4. The number of nitrogens with zero attached hydrogens (tertiary/aromatic N) is 3. The Morgan fingerprint density at radius 3 is 2.78 bits per heavy atom. The molecule has 23 heavy (non-hydrogen) atoms. The lowest BCUT2D eigenvalue weighted by Gasteiger charge is -2.28. The Labute approximate surface area is 144 Å². The fourth-order valence-electron chi connectivity index (χ4n) is 2.71. The first-order chi connectivity index (χ1) is 11.0. The van der Waals surface area contributed by atoms with E-state index in [0.29, 0.717) is 6.73 Å². The van der Waals surface area contributed by atoms with Crippen LogP contribution in [0.2, 0.25) is 25.7 Å². The highest BCUT2D eigenvalue weighted by molar-refractivity contribution is 7.99. The molecule has 4 nitrogen and oxygen atoms in total. The SMILES string of the molecule is C[Si](C)(C)CCOCn1ccc2cc(N3CCSCC3)cnc21. The van der Waals surface area contributed by atoms with Crippen molar-refractivity contribution in [1.82, 2.24) is 9.55 Å². The highest BCUT2D eigenvalue weighted by Gasteiger charge is 2.14. The summed E-state index contributed by atoms with van der Waals surface area (Å²) in [6.07, 6.45) is 4.10. The van der Waals surface area contributed by atoms with E-state index in [4.69, 9.17) is 4.74 Å². The van der Waals surface area contributed by atoms with Gasteiger partial charge in [0, 0.05) is 50.9 Å². The Kier molecular flexibility index (Phi) is 5.33. The summed E-state index contributed by atoms with van der Waals surface area (Å²) < 4.78 is 7.96. The first-order valence-electron chi connectivity index (χ1n) is 8.38. The summed E-state index contributed by atoms with van der Waals surface area (Å²) >= 11 is 2.03. The first kappa shape index (κ1) is 16.9. The summed E-state index contributed by atoms with van der Waals surface area (Å²) in [6.45, 7) is 10.8. The number of thioether (sulfide) groups is 1. The average Bonchev–Trinajstić information content (AvgIpc) is 2.94. The lowest BCUT2D eigenvalue weighted by molar-refractivity contribution is 0.0899. The molecular formula is C17H27N3OSSi. The van der Waals surface area contributed by atoms with Gasteiger partial charge >= 0.3 is 0 Å². The van der Waals surface area contributed by atoms with Gasteiger partial charge in [-0.2, -0.15) is 11.8 Å². The van der Waals surface area contributed by atoms with Crippen LogP contribution in [0.1, 0.15) is 0 Å². The molecule has 0 atom stereocenters. The molecule has 0 unspecified atom stereocenters. The van der Waals surface area contributed by atoms with E-state index in [2.05, 4.69) is 52.4 Å². The molecule has 1 aliphatic rings. The van der Waals surface area contributed by atoms with Crippen molar-refractivity contribution in [2.24, 2.45) is 0 Å². The van der Waals surface area contributed by atoms with Crippen LogP contribution in [0.4, 0.5) is 5.69 Å². The standard InChI is InChI=1S/C17H27N3OSSi/c1-23(2,3)11-8-21-14-20-5-4-15-12-16(13-18-17(15)20)19-6-9-22-10-7-19/h4-5,12-13H,6-11,14H2,1-3H3. The van der Waals surface area contributed by atoms with Crippen molar-refractivity contribution in [2.45, 2.75) is 32.4 Å². The average molecular weight is 350 g/mol. The van der Waals surface area contributed by atoms with Crippen molar-refractivity contribution in [3.8, 4) is 0 Å². The summed E-state index contributed by atoms with van der Waals surface area (Å²) in [5, 5.41) is 1.20.